The number of aromatic nitrogens is 1. The lowest BCUT2D eigenvalue weighted by atomic mass is 10.0. The minimum atomic E-state index is -0.632. The van der Waals surface area contributed by atoms with Gasteiger partial charge in [-0.05, 0) is 53.6 Å². The summed E-state index contributed by atoms with van der Waals surface area (Å²) in [7, 11) is 0. The first kappa shape index (κ1) is 17.9. The SMILES string of the molecule is CCOC(=O)c1cn([C@H](CO)C(C)C)c2ccc(I)cc2c1=O. The second kappa shape index (κ2) is 7.44. The average molecular weight is 429 g/mol. The maximum absolute atomic E-state index is 12.6. The highest BCUT2D eigenvalue weighted by molar-refractivity contribution is 14.1. The van der Waals surface area contributed by atoms with E-state index in [9.17, 15) is 14.7 Å². The molecule has 5 nitrogen and oxygen atoms in total. The van der Waals surface area contributed by atoms with Crippen LogP contribution in [-0.4, -0.2) is 28.9 Å². The Labute approximate surface area is 148 Å². The van der Waals surface area contributed by atoms with Crippen molar-refractivity contribution in [2.75, 3.05) is 13.2 Å². The van der Waals surface area contributed by atoms with E-state index >= 15 is 0 Å². The first-order valence-electron chi connectivity index (χ1n) is 7.53. The number of hydrogen-bond donors (Lipinski definition) is 1. The van der Waals surface area contributed by atoms with Crippen molar-refractivity contribution in [3.63, 3.8) is 0 Å². The van der Waals surface area contributed by atoms with Crippen LogP contribution in [0.4, 0.5) is 0 Å². The van der Waals surface area contributed by atoms with E-state index in [1.54, 1.807) is 13.0 Å². The third-order valence-electron chi connectivity index (χ3n) is 3.80. The van der Waals surface area contributed by atoms with Crippen LogP contribution in [0.3, 0.4) is 0 Å². The molecule has 1 heterocycles. The normalized spacial score (nSPS) is 12.6. The molecular weight excluding hydrogens is 409 g/mol. The second-order valence-corrected chi connectivity index (χ2v) is 6.90. The van der Waals surface area contributed by atoms with Crippen LogP contribution in [0.25, 0.3) is 10.9 Å². The van der Waals surface area contributed by atoms with Crippen molar-refractivity contribution in [2.45, 2.75) is 26.8 Å². The number of nitrogens with zero attached hydrogens (tertiary/aromatic N) is 1. The van der Waals surface area contributed by atoms with Crippen LogP contribution in [0.5, 0.6) is 0 Å². The summed E-state index contributed by atoms with van der Waals surface area (Å²) in [5, 5.41) is 10.2. The summed E-state index contributed by atoms with van der Waals surface area (Å²) in [6.45, 7) is 5.80. The number of rotatable bonds is 5. The van der Waals surface area contributed by atoms with Gasteiger partial charge in [-0.3, -0.25) is 4.79 Å². The summed E-state index contributed by atoms with van der Waals surface area (Å²) in [6, 6.07) is 5.27. The largest absolute Gasteiger partial charge is 0.462 e. The van der Waals surface area contributed by atoms with Crippen LogP contribution >= 0.6 is 22.6 Å². The Morgan fingerprint density at radius 1 is 1.39 bits per heavy atom. The fourth-order valence-electron chi connectivity index (χ4n) is 2.58. The molecule has 0 spiro atoms. The number of benzene rings is 1. The van der Waals surface area contributed by atoms with Crippen molar-refractivity contribution in [3.8, 4) is 0 Å². The summed E-state index contributed by atoms with van der Waals surface area (Å²) in [4.78, 5) is 24.8. The van der Waals surface area contributed by atoms with Gasteiger partial charge in [-0.15, -0.1) is 0 Å². The lowest BCUT2D eigenvalue weighted by molar-refractivity contribution is 0.0523. The maximum Gasteiger partial charge on any atom is 0.343 e. The predicted octanol–water partition coefficient (Wildman–Crippen LogP) is 2.97. The van der Waals surface area contributed by atoms with E-state index in [2.05, 4.69) is 22.6 Å². The molecule has 2 rings (SSSR count). The van der Waals surface area contributed by atoms with Crippen LogP contribution in [0, 0.1) is 9.49 Å². The van der Waals surface area contributed by atoms with E-state index < -0.39 is 5.97 Å². The van der Waals surface area contributed by atoms with Gasteiger partial charge in [0.15, 0.2) is 0 Å². The van der Waals surface area contributed by atoms with Gasteiger partial charge in [-0.1, -0.05) is 13.8 Å². The zero-order chi connectivity index (χ0) is 17.1. The fourth-order valence-corrected chi connectivity index (χ4v) is 3.07. The first-order valence-corrected chi connectivity index (χ1v) is 8.61. The Morgan fingerprint density at radius 3 is 2.65 bits per heavy atom. The number of carbonyl (C=O) groups excluding carboxylic acids is 1. The number of aliphatic hydroxyl groups excluding tert-OH is 1. The second-order valence-electron chi connectivity index (χ2n) is 5.66. The van der Waals surface area contributed by atoms with Crippen LogP contribution in [0.1, 0.15) is 37.2 Å². The van der Waals surface area contributed by atoms with Gasteiger partial charge in [-0.25, -0.2) is 4.79 Å². The number of esters is 1. The van der Waals surface area contributed by atoms with E-state index in [1.165, 1.54) is 6.20 Å². The smallest absolute Gasteiger partial charge is 0.343 e. The summed E-state index contributed by atoms with van der Waals surface area (Å²) in [5.41, 5.74) is 0.366. The molecule has 6 heteroatoms. The third-order valence-corrected chi connectivity index (χ3v) is 4.47. The molecule has 0 aliphatic rings. The predicted molar refractivity (Wildman–Crippen MR) is 97.8 cm³/mol. The number of ether oxygens (including phenoxy) is 1. The lowest BCUT2D eigenvalue weighted by Crippen LogP contribution is -2.26. The molecule has 1 aromatic carbocycles. The third kappa shape index (κ3) is 3.58. The van der Waals surface area contributed by atoms with Crippen LogP contribution in [-0.2, 0) is 4.74 Å². The lowest BCUT2D eigenvalue weighted by Gasteiger charge is -2.25. The number of fused-ring (bicyclic) bond motifs is 1. The highest BCUT2D eigenvalue weighted by Gasteiger charge is 2.21. The van der Waals surface area contributed by atoms with Crippen LogP contribution < -0.4 is 5.43 Å². The molecule has 0 fully saturated rings. The molecular formula is C17H20INO4. The van der Waals surface area contributed by atoms with Gasteiger partial charge < -0.3 is 14.4 Å². The van der Waals surface area contributed by atoms with Crippen molar-refractivity contribution < 1.29 is 14.6 Å². The topological polar surface area (TPSA) is 68.5 Å². The van der Waals surface area contributed by atoms with E-state index in [0.717, 1.165) is 3.57 Å². The standard InChI is InChI=1S/C17H20INO4/c1-4-23-17(22)13-8-19(15(9-20)10(2)3)14-6-5-11(18)7-12(14)16(13)21/h5-8,10,15,20H,4,9H2,1-3H3/t15-/m1/s1. The van der Waals surface area contributed by atoms with Crippen LogP contribution in [0.15, 0.2) is 29.2 Å². The van der Waals surface area contributed by atoms with E-state index in [-0.39, 0.29) is 36.2 Å². The Balaban J connectivity index is 2.82. The summed E-state index contributed by atoms with van der Waals surface area (Å²) in [5.74, 6) is -0.493. The van der Waals surface area contributed by atoms with Crippen molar-refractivity contribution in [2.24, 2.45) is 5.92 Å². The van der Waals surface area contributed by atoms with Crippen molar-refractivity contribution in [3.05, 3.63) is 43.8 Å². The molecule has 0 radical (unpaired) electrons. The highest BCUT2D eigenvalue weighted by atomic mass is 127. The van der Waals surface area contributed by atoms with Gasteiger partial charge >= 0.3 is 5.97 Å². The molecule has 0 saturated carbocycles. The number of aliphatic hydroxyl groups is 1. The Bertz CT molecular complexity index is 782. The van der Waals surface area contributed by atoms with Gasteiger partial charge in [-0.2, -0.15) is 0 Å². The zero-order valence-electron chi connectivity index (χ0n) is 13.4. The number of hydrogen-bond acceptors (Lipinski definition) is 4. The molecule has 2 aromatic rings. The van der Waals surface area contributed by atoms with E-state index in [4.69, 9.17) is 4.74 Å². The van der Waals surface area contributed by atoms with Crippen molar-refractivity contribution in [1.82, 2.24) is 4.57 Å². The van der Waals surface area contributed by atoms with Gasteiger partial charge in [0.2, 0.25) is 5.43 Å². The average Bonchev–Trinajstić information content (AvgIpc) is 2.50. The van der Waals surface area contributed by atoms with E-state index in [1.807, 2.05) is 30.5 Å². The monoisotopic (exact) mass is 429 g/mol. The molecule has 1 atom stereocenters. The zero-order valence-corrected chi connectivity index (χ0v) is 15.5. The Hall–Kier alpha value is -1.41. The van der Waals surface area contributed by atoms with Crippen molar-refractivity contribution >= 4 is 39.5 Å². The molecule has 0 bridgehead atoms. The van der Waals surface area contributed by atoms with E-state index in [0.29, 0.717) is 10.9 Å². The molecule has 0 aliphatic carbocycles. The van der Waals surface area contributed by atoms with Crippen LogP contribution in [0.2, 0.25) is 0 Å². The minimum Gasteiger partial charge on any atom is -0.462 e. The molecule has 23 heavy (non-hydrogen) atoms. The maximum atomic E-state index is 12.6. The summed E-state index contributed by atoms with van der Waals surface area (Å²) >= 11 is 2.13. The van der Waals surface area contributed by atoms with Crippen molar-refractivity contribution in [1.29, 1.82) is 0 Å². The Kier molecular flexibility index (Phi) is 5.80. The summed E-state index contributed by atoms with van der Waals surface area (Å²) < 4.78 is 7.72. The number of carbonyl (C=O) groups is 1. The Morgan fingerprint density at radius 2 is 2.09 bits per heavy atom. The molecule has 0 unspecified atom stereocenters. The number of halogens is 1. The molecule has 0 aliphatic heterocycles. The quantitative estimate of drug-likeness (QED) is 0.587. The van der Waals surface area contributed by atoms with Gasteiger partial charge in [0, 0.05) is 15.2 Å². The molecule has 0 amide bonds. The minimum absolute atomic E-state index is 0.000417. The molecule has 0 saturated heterocycles. The number of pyridine rings is 1. The van der Waals surface area contributed by atoms with Gasteiger partial charge in [0.25, 0.3) is 0 Å². The first-order chi connectivity index (χ1) is 10.9. The van der Waals surface area contributed by atoms with Gasteiger partial charge in [0.1, 0.15) is 5.56 Å². The molecule has 1 aromatic heterocycles. The van der Waals surface area contributed by atoms with Gasteiger partial charge in [0.05, 0.1) is 24.8 Å². The molecule has 124 valence electrons. The highest BCUT2D eigenvalue weighted by Crippen LogP contribution is 2.24. The fraction of sp³-hybridized carbons (Fsp3) is 0.412. The molecule has 1 N–H and O–H groups in total. The summed E-state index contributed by atoms with van der Waals surface area (Å²) in [6.07, 6.45) is 1.51.